The zero-order chi connectivity index (χ0) is 20.5. The first-order chi connectivity index (χ1) is 13.2. The maximum atomic E-state index is 12.5. The molecule has 9 heteroatoms. The highest BCUT2D eigenvalue weighted by Crippen LogP contribution is 2.29. The lowest BCUT2D eigenvalue weighted by molar-refractivity contribution is 0.440. The van der Waals surface area contributed by atoms with Crippen LogP contribution in [0, 0.1) is 13.8 Å². The Morgan fingerprint density at radius 2 is 1.54 bits per heavy atom. The van der Waals surface area contributed by atoms with E-state index < -0.39 is 15.8 Å². The lowest BCUT2D eigenvalue weighted by Gasteiger charge is -2.18. The van der Waals surface area contributed by atoms with Crippen LogP contribution < -0.4 is 9.62 Å². The Labute approximate surface area is 163 Å². The zero-order valence-corrected chi connectivity index (χ0v) is 16.4. The molecule has 0 atom stereocenters. The molecule has 0 aliphatic carbocycles. The van der Waals surface area contributed by atoms with Gasteiger partial charge in [-0.1, -0.05) is 0 Å². The molecule has 0 aliphatic heterocycles. The van der Waals surface area contributed by atoms with Crippen LogP contribution in [0.4, 0.5) is 17.3 Å². The van der Waals surface area contributed by atoms with Gasteiger partial charge < -0.3 is 15.1 Å². The summed E-state index contributed by atoms with van der Waals surface area (Å²) in [7, 11) is -2.19. The van der Waals surface area contributed by atoms with Gasteiger partial charge >= 0.3 is 0 Å². The summed E-state index contributed by atoms with van der Waals surface area (Å²) < 4.78 is 27.3. The molecule has 1 aromatic heterocycles. The number of sulfonamides is 1. The average molecular weight is 400 g/mol. The van der Waals surface area contributed by atoms with E-state index in [1.54, 1.807) is 29.2 Å². The second-order valence-corrected chi connectivity index (χ2v) is 7.96. The van der Waals surface area contributed by atoms with Crippen molar-refractivity contribution in [2.24, 2.45) is 0 Å². The van der Waals surface area contributed by atoms with Crippen LogP contribution in [-0.2, 0) is 10.0 Å². The monoisotopic (exact) mass is 400 g/mol. The number of anilines is 3. The predicted molar refractivity (Wildman–Crippen MR) is 107 cm³/mol. The second kappa shape index (κ2) is 7.35. The van der Waals surface area contributed by atoms with Crippen LogP contribution >= 0.6 is 0 Å². The average Bonchev–Trinajstić information content (AvgIpc) is 2.60. The molecule has 8 nitrogen and oxygen atoms in total. The SMILES string of the molecule is Cc1cc(C)nc(N(C)c2ccc(NS(=O)(=O)c3ccc(O)cc3O)cc2)n1. The smallest absolute Gasteiger partial charge is 0.265 e. The summed E-state index contributed by atoms with van der Waals surface area (Å²) in [4.78, 5) is 10.3. The molecule has 3 aromatic rings. The molecule has 0 amide bonds. The van der Waals surface area contributed by atoms with Crippen molar-refractivity contribution < 1.29 is 18.6 Å². The van der Waals surface area contributed by atoms with Crippen molar-refractivity contribution in [3.05, 3.63) is 59.9 Å². The van der Waals surface area contributed by atoms with E-state index in [1.165, 1.54) is 6.07 Å². The second-order valence-electron chi connectivity index (χ2n) is 6.31. The fraction of sp³-hybridized carbons (Fsp3) is 0.158. The molecule has 0 fully saturated rings. The molecule has 0 saturated carbocycles. The van der Waals surface area contributed by atoms with Gasteiger partial charge in [0.2, 0.25) is 5.95 Å². The van der Waals surface area contributed by atoms with Gasteiger partial charge in [0.05, 0.1) is 0 Å². The number of hydrogen-bond acceptors (Lipinski definition) is 7. The number of rotatable bonds is 5. The van der Waals surface area contributed by atoms with Gasteiger partial charge in [-0.2, -0.15) is 0 Å². The Bertz CT molecular complexity index is 1100. The molecule has 3 rings (SSSR count). The summed E-state index contributed by atoms with van der Waals surface area (Å²) >= 11 is 0. The van der Waals surface area contributed by atoms with Gasteiger partial charge in [-0.3, -0.25) is 4.72 Å². The minimum atomic E-state index is -4.01. The highest BCUT2D eigenvalue weighted by atomic mass is 32.2. The highest BCUT2D eigenvalue weighted by Gasteiger charge is 2.19. The molecule has 0 aliphatic rings. The molecule has 0 bridgehead atoms. The van der Waals surface area contributed by atoms with Crippen LogP contribution in [-0.4, -0.2) is 35.6 Å². The third-order valence-corrected chi connectivity index (χ3v) is 5.44. The number of aromatic hydroxyl groups is 2. The maximum absolute atomic E-state index is 12.5. The Balaban J connectivity index is 1.82. The van der Waals surface area contributed by atoms with Gasteiger partial charge in [0.1, 0.15) is 16.4 Å². The number of phenolic OH excluding ortho intramolecular Hbond substituents is 2. The van der Waals surface area contributed by atoms with Crippen LogP contribution in [0.3, 0.4) is 0 Å². The summed E-state index contributed by atoms with van der Waals surface area (Å²) in [5.74, 6) is -0.215. The fourth-order valence-corrected chi connectivity index (χ4v) is 3.81. The third-order valence-electron chi connectivity index (χ3n) is 4.01. The van der Waals surface area contributed by atoms with Crippen molar-refractivity contribution in [1.29, 1.82) is 0 Å². The van der Waals surface area contributed by atoms with Gasteiger partial charge in [0.15, 0.2) is 0 Å². The van der Waals surface area contributed by atoms with E-state index in [0.29, 0.717) is 11.6 Å². The lowest BCUT2D eigenvalue weighted by Crippen LogP contribution is -2.15. The standard InChI is InChI=1S/C19H20N4O4S/c1-12-10-13(2)21-19(20-12)23(3)15-6-4-14(5-7-15)22-28(26,27)18-9-8-16(24)11-17(18)25/h4-11,22,24-25H,1-3H3. The summed E-state index contributed by atoms with van der Waals surface area (Å²) in [5.41, 5.74) is 2.81. The van der Waals surface area contributed by atoms with Crippen molar-refractivity contribution in [2.45, 2.75) is 18.7 Å². The molecule has 3 N–H and O–H groups in total. The quantitative estimate of drug-likeness (QED) is 0.603. The first-order valence-electron chi connectivity index (χ1n) is 8.36. The van der Waals surface area contributed by atoms with Crippen LogP contribution in [0.25, 0.3) is 0 Å². The van der Waals surface area contributed by atoms with E-state index in [2.05, 4.69) is 14.7 Å². The lowest BCUT2D eigenvalue weighted by atomic mass is 10.2. The summed E-state index contributed by atoms with van der Waals surface area (Å²) in [6, 6.07) is 11.8. The van der Waals surface area contributed by atoms with Gasteiger partial charge in [0, 0.05) is 35.9 Å². The summed E-state index contributed by atoms with van der Waals surface area (Å²) in [5, 5.41) is 19.1. The van der Waals surface area contributed by atoms with Crippen LogP contribution in [0.1, 0.15) is 11.4 Å². The van der Waals surface area contributed by atoms with E-state index in [0.717, 1.165) is 29.2 Å². The van der Waals surface area contributed by atoms with Crippen molar-refractivity contribution in [2.75, 3.05) is 16.7 Å². The van der Waals surface area contributed by atoms with E-state index in [4.69, 9.17) is 0 Å². The van der Waals surface area contributed by atoms with Crippen LogP contribution in [0.5, 0.6) is 11.5 Å². The molecule has 0 radical (unpaired) electrons. The van der Waals surface area contributed by atoms with Gasteiger partial charge in [-0.05, 0) is 56.3 Å². The number of hydrogen-bond donors (Lipinski definition) is 3. The van der Waals surface area contributed by atoms with E-state index in [-0.39, 0.29) is 10.6 Å². The molecular formula is C19H20N4O4S. The van der Waals surface area contributed by atoms with Gasteiger partial charge in [-0.15, -0.1) is 0 Å². The van der Waals surface area contributed by atoms with Crippen molar-refractivity contribution in [1.82, 2.24) is 9.97 Å². The molecular weight excluding hydrogens is 380 g/mol. The zero-order valence-electron chi connectivity index (χ0n) is 15.6. The van der Waals surface area contributed by atoms with Crippen LogP contribution in [0.2, 0.25) is 0 Å². The minimum Gasteiger partial charge on any atom is -0.508 e. The number of nitrogens with zero attached hydrogens (tertiary/aromatic N) is 3. The fourth-order valence-electron chi connectivity index (χ4n) is 2.67. The molecule has 0 unspecified atom stereocenters. The Kier molecular flexibility index (Phi) is 5.10. The summed E-state index contributed by atoms with van der Waals surface area (Å²) in [6.07, 6.45) is 0. The maximum Gasteiger partial charge on any atom is 0.265 e. The Morgan fingerprint density at radius 1 is 0.929 bits per heavy atom. The number of aromatic nitrogens is 2. The van der Waals surface area contributed by atoms with Crippen LogP contribution in [0.15, 0.2) is 53.4 Å². The molecule has 0 saturated heterocycles. The number of nitrogens with one attached hydrogen (secondary N) is 1. The van der Waals surface area contributed by atoms with E-state index in [9.17, 15) is 18.6 Å². The van der Waals surface area contributed by atoms with Crippen molar-refractivity contribution in [3.63, 3.8) is 0 Å². The molecule has 1 heterocycles. The van der Waals surface area contributed by atoms with E-state index >= 15 is 0 Å². The Hall–Kier alpha value is -3.33. The predicted octanol–water partition coefficient (Wildman–Crippen LogP) is 3.07. The molecule has 146 valence electrons. The molecule has 0 spiro atoms. The largest absolute Gasteiger partial charge is 0.508 e. The highest BCUT2D eigenvalue weighted by molar-refractivity contribution is 7.92. The third kappa shape index (κ3) is 4.15. The normalized spacial score (nSPS) is 11.2. The number of phenols is 2. The minimum absolute atomic E-state index is 0.225. The number of aryl methyl sites for hydroxylation is 2. The number of benzene rings is 2. The summed E-state index contributed by atoms with van der Waals surface area (Å²) in [6.45, 7) is 3.78. The van der Waals surface area contributed by atoms with Gasteiger partial charge in [0.25, 0.3) is 10.0 Å². The van der Waals surface area contributed by atoms with E-state index in [1.807, 2.05) is 27.0 Å². The molecule has 28 heavy (non-hydrogen) atoms. The van der Waals surface area contributed by atoms with Gasteiger partial charge in [-0.25, -0.2) is 18.4 Å². The Morgan fingerprint density at radius 3 is 2.11 bits per heavy atom. The first-order valence-corrected chi connectivity index (χ1v) is 9.85. The molecule has 2 aromatic carbocycles. The topological polar surface area (TPSA) is 116 Å². The van der Waals surface area contributed by atoms with Crippen molar-refractivity contribution in [3.8, 4) is 11.5 Å². The van der Waals surface area contributed by atoms with Crippen molar-refractivity contribution >= 4 is 27.3 Å². The first kappa shape index (κ1) is 19.4.